The molecule has 0 radical (unpaired) electrons. The van der Waals surface area contributed by atoms with Crippen molar-refractivity contribution in [2.75, 3.05) is 6.61 Å². The Bertz CT molecular complexity index is 205. The van der Waals surface area contributed by atoms with Crippen molar-refractivity contribution in [2.45, 2.75) is 20.3 Å². The zero-order valence-corrected chi connectivity index (χ0v) is 7.16. The second-order valence-corrected chi connectivity index (χ2v) is 2.10. The lowest BCUT2D eigenvalue weighted by Crippen LogP contribution is -2.10. The maximum Gasteiger partial charge on any atom is 0.331 e. The number of ether oxygens (including phenoxy) is 1. The Morgan fingerprint density at radius 3 is 2.42 bits per heavy atom. The summed E-state index contributed by atoms with van der Waals surface area (Å²) in [5.41, 5.74) is 0.0634. The lowest BCUT2D eigenvalue weighted by atomic mass is 10.2. The lowest BCUT2D eigenvalue weighted by molar-refractivity contribution is -0.144. The molecule has 0 atom stereocenters. The predicted octanol–water partition coefficient (Wildman–Crippen LogP) is 0.971. The quantitative estimate of drug-likeness (QED) is 0.507. The molecule has 0 fully saturated rings. The van der Waals surface area contributed by atoms with E-state index in [4.69, 9.17) is 5.11 Å². The third kappa shape index (κ3) is 3.75. The number of hydrogen-bond acceptors (Lipinski definition) is 3. The minimum atomic E-state index is -1.08. The third-order valence-corrected chi connectivity index (χ3v) is 1.26. The number of carboxylic acid groups (broad SMARTS) is 1. The van der Waals surface area contributed by atoms with E-state index in [2.05, 4.69) is 4.74 Å². The van der Waals surface area contributed by atoms with Gasteiger partial charge in [-0.1, -0.05) is 6.08 Å². The van der Waals surface area contributed by atoms with Crippen molar-refractivity contribution in [1.29, 1.82) is 0 Å². The topological polar surface area (TPSA) is 63.6 Å². The van der Waals surface area contributed by atoms with E-state index in [-0.39, 0.29) is 18.6 Å². The molecule has 0 saturated heterocycles. The first-order chi connectivity index (χ1) is 5.61. The number of hydrogen-bond donors (Lipinski definition) is 1. The summed E-state index contributed by atoms with van der Waals surface area (Å²) in [6.07, 6.45) is 1.22. The van der Waals surface area contributed by atoms with Gasteiger partial charge in [-0.25, -0.2) is 4.79 Å². The molecule has 0 saturated carbocycles. The van der Waals surface area contributed by atoms with Gasteiger partial charge < -0.3 is 9.84 Å². The Morgan fingerprint density at radius 2 is 2.08 bits per heavy atom. The molecule has 0 aliphatic carbocycles. The molecule has 0 aromatic rings. The van der Waals surface area contributed by atoms with Gasteiger partial charge in [0.1, 0.15) is 0 Å². The molecule has 12 heavy (non-hydrogen) atoms. The number of allylic oxidation sites excluding steroid dienone is 1. The smallest absolute Gasteiger partial charge is 0.331 e. The Morgan fingerprint density at radius 1 is 1.50 bits per heavy atom. The molecular formula is C8H12O4. The fourth-order valence-electron chi connectivity index (χ4n) is 0.669. The number of carboxylic acids is 1. The summed E-state index contributed by atoms with van der Waals surface area (Å²) in [5, 5.41) is 8.51. The van der Waals surface area contributed by atoms with Gasteiger partial charge in [-0.3, -0.25) is 4.79 Å². The molecule has 0 aromatic heterocycles. The van der Waals surface area contributed by atoms with E-state index >= 15 is 0 Å². The molecule has 0 aromatic carbocycles. The average Bonchev–Trinajstić information content (AvgIpc) is 2.00. The summed E-state index contributed by atoms with van der Waals surface area (Å²) < 4.78 is 4.58. The molecule has 68 valence electrons. The largest absolute Gasteiger partial charge is 0.478 e. The van der Waals surface area contributed by atoms with Crippen molar-refractivity contribution in [1.82, 2.24) is 0 Å². The van der Waals surface area contributed by atoms with Crippen LogP contribution in [0.3, 0.4) is 0 Å². The summed E-state index contributed by atoms with van der Waals surface area (Å²) in [7, 11) is 0. The van der Waals surface area contributed by atoms with Crippen LogP contribution in [0.4, 0.5) is 0 Å². The van der Waals surface area contributed by atoms with Gasteiger partial charge in [0.25, 0.3) is 0 Å². The Hall–Kier alpha value is -1.32. The molecule has 4 nitrogen and oxygen atoms in total. The van der Waals surface area contributed by atoms with Gasteiger partial charge in [0, 0.05) is 5.57 Å². The van der Waals surface area contributed by atoms with E-state index in [1.807, 2.05) is 0 Å². The van der Waals surface area contributed by atoms with Crippen LogP contribution < -0.4 is 0 Å². The van der Waals surface area contributed by atoms with Crippen LogP contribution in [-0.2, 0) is 14.3 Å². The van der Waals surface area contributed by atoms with Crippen LogP contribution in [0.5, 0.6) is 0 Å². The van der Waals surface area contributed by atoms with Crippen LogP contribution in [0.15, 0.2) is 11.6 Å². The van der Waals surface area contributed by atoms with Crippen LogP contribution in [0, 0.1) is 0 Å². The summed E-state index contributed by atoms with van der Waals surface area (Å²) in [6.45, 7) is 3.52. The first kappa shape index (κ1) is 10.7. The minimum Gasteiger partial charge on any atom is -0.478 e. The molecule has 0 rings (SSSR count). The molecule has 0 bridgehead atoms. The zero-order chi connectivity index (χ0) is 9.56. The molecule has 0 heterocycles. The molecule has 0 unspecified atom stereocenters. The molecular weight excluding hydrogens is 160 g/mol. The minimum absolute atomic E-state index is 0.0634. The van der Waals surface area contributed by atoms with Crippen LogP contribution in [-0.4, -0.2) is 23.7 Å². The Labute approximate surface area is 70.8 Å². The second kappa shape index (κ2) is 5.35. The molecule has 0 amide bonds. The van der Waals surface area contributed by atoms with E-state index in [1.54, 1.807) is 13.8 Å². The van der Waals surface area contributed by atoms with Crippen molar-refractivity contribution in [3.63, 3.8) is 0 Å². The summed E-state index contributed by atoms with van der Waals surface area (Å²) in [4.78, 5) is 21.2. The average molecular weight is 172 g/mol. The highest BCUT2D eigenvalue weighted by molar-refractivity contribution is 5.92. The number of aliphatic carboxylic acids is 1. The van der Waals surface area contributed by atoms with Crippen molar-refractivity contribution >= 4 is 11.9 Å². The van der Waals surface area contributed by atoms with Gasteiger partial charge in [-0.05, 0) is 13.8 Å². The van der Waals surface area contributed by atoms with Crippen LogP contribution in [0.2, 0.25) is 0 Å². The van der Waals surface area contributed by atoms with Gasteiger partial charge in [0.05, 0.1) is 13.0 Å². The second-order valence-electron chi connectivity index (χ2n) is 2.10. The number of carbonyl (C=O) groups is 2. The van der Waals surface area contributed by atoms with Crippen molar-refractivity contribution in [2.24, 2.45) is 0 Å². The first-order valence-corrected chi connectivity index (χ1v) is 3.65. The fourth-order valence-corrected chi connectivity index (χ4v) is 0.669. The third-order valence-electron chi connectivity index (χ3n) is 1.26. The highest BCUT2D eigenvalue weighted by atomic mass is 16.5. The summed E-state index contributed by atoms with van der Waals surface area (Å²) in [6, 6.07) is 0. The first-order valence-electron chi connectivity index (χ1n) is 3.65. The maximum absolute atomic E-state index is 10.8. The molecule has 4 heteroatoms. The van der Waals surface area contributed by atoms with Crippen molar-refractivity contribution in [3.8, 4) is 0 Å². The van der Waals surface area contributed by atoms with Crippen LogP contribution in [0.25, 0.3) is 0 Å². The Balaban J connectivity index is 4.05. The Kier molecular flexibility index (Phi) is 4.76. The van der Waals surface area contributed by atoms with Gasteiger partial charge in [0.15, 0.2) is 0 Å². The van der Waals surface area contributed by atoms with Crippen molar-refractivity contribution < 1.29 is 19.4 Å². The standard InChI is InChI=1S/C8H12O4/c1-3-6(8(10)11)5-7(9)12-4-2/h3H,4-5H2,1-2H3,(H,10,11). The molecule has 0 spiro atoms. The predicted molar refractivity (Wildman–Crippen MR) is 42.6 cm³/mol. The van der Waals surface area contributed by atoms with E-state index in [0.717, 1.165) is 0 Å². The summed E-state index contributed by atoms with van der Waals surface area (Å²) >= 11 is 0. The van der Waals surface area contributed by atoms with Gasteiger partial charge in [-0.2, -0.15) is 0 Å². The van der Waals surface area contributed by atoms with Gasteiger partial charge >= 0.3 is 11.9 Å². The van der Waals surface area contributed by atoms with E-state index in [1.165, 1.54) is 6.08 Å². The molecule has 0 aliphatic heterocycles. The van der Waals surface area contributed by atoms with E-state index in [9.17, 15) is 9.59 Å². The monoisotopic (exact) mass is 172 g/mol. The van der Waals surface area contributed by atoms with E-state index < -0.39 is 11.9 Å². The van der Waals surface area contributed by atoms with Gasteiger partial charge in [-0.15, -0.1) is 0 Å². The number of rotatable bonds is 4. The van der Waals surface area contributed by atoms with Crippen molar-refractivity contribution in [3.05, 3.63) is 11.6 Å². The number of esters is 1. The normalized spacial score (nSPS) is 11.0. The lowest BCUT2D eigenvalue weighted by Gasteiger charge is -2.01. The molecule has 1 N–H and O–H groups in total. The van der Waals surface area contributed by atoms with E-state index in [0.29, 0.717) is 0 Å². The highest BCUT2D eigenvalue weighted by Crippen LogP contribution is 2.02. The number of carbonyl (C=O) groups excluding carboxylic acids is 1. The fraction of sp³-hybridized carbons (Fsp3) is 0.500. The van der Waals surface area contributed by atoms with Crippen LogP contribution >= 0.6 is 0 Å². The zero-order valence-electron chi connectivity index (χ0n) is 7.16. The van der Waals surface area contributed by atoms with Gasteiger partial charge in [0.2, 0.25) is 0 Å². The van der Waals surface area contributed by atoms with Crippen LogP contribution in [0.1, 0.15) is 20.3 Å². The highest BCUT2D eigenvalue weighted by Gasteiger charge is 2.11. The molecule has 0 aliphatic rings. The SMILES string of the molecule is CC=C(CC(=O)OCC)C(=O)O. The maximum atomic E-state index is 10.8. The summed E-state index contributed by atoms with van der Waals surface area (Å²) in [5.74, 6) is -1.58.